The Labute approximate surface area is 248 Å². The van der Waals surface area contributed by atoms with Crippen molar-refractivity contribution < 1.29 is 30.0 Å². The molecule has 0 amide bonds. The Morgan fingerprint density at radius 2 is 1.56 bits per heavy atom. The first-order valence-corrected chi connectivity index (χ1v) is 13.4. The summed E-state index contributed by atoms with van der Waals surface area (Å²) in [5.41, 5.74) is 7.13. The third-order valence-electron chi connectivity index (χ3n) is 6.02. The molecule has 0 saturated heterocycles. The molecule has 1 radical (unpaired) electrons. The van der Waals surface area contributed by atoms with Crippen LogP contribution < -0.4 is 0 Å². The number of allylic oxidation sites excluding steroid dienone is 2. The zero-order valence-electron chi connectivity index (χ0n) is 22.8. The number of aliphatic hydroxyl groups excluding tert-OH is 1. The SMILES string of the molecule is CC(=O)/C=C(/C)O.CC(C)(C)c1ccc(-c2cc3ccc(-c4[c-]ccc(-c5ccccc5)c4)nc3s2)cc1.[Ir]. The van der Waals surface area contributed by atoms with Crippen LogP contribution in [-0.2, 0) is 30.3 Å². The van der Waals surface area contributed by atoms with Crippen molar-refractivity contribution in [2.75, 3.05) is 0 Å². The number of pyridine rings is 1. The first-order valence-electron chi connectivity index (χ1n) is 12.6. The van der Waals surface area contributed by atoms with E-state index >= 15 is 0 Å². The van der Waals surface area contributed by atoms with Crippen molar-refractivity contribution in [2.24, 2.45) is 0 Å². The van der Waals surface area contributed by atoms with Gasteiger partial charge in [0.1, 0.15) is 4.83 Å². The quantitative estimate of drug-likeness (QED) is 0.115. The maximum absolute atomic E-state index is 10.0. The smallest absolute Gasteiger partial charge is 0.155 e. The molecular weight excluding hydrogens is 679 g/mol. The Balaban J connectivity index is 0.000000468. The van der Waals surface area contributed by atoms with Gasteiger partial charge in [0.25, 0.3) is 0 Å². The van der Waals surface area contributed by atoms with Crippen LogP contribution in [0.4, 0.5) is 0 Å². The van der Waals surface area contributed by atoms with Gasteiger partial charge in [-0.25, -0.2) is 0 Å². The van der Waals surface area contributed by atoms with Crippen LogP contribution in [0.15, 0.2) is 103 Å². The maximum atomic E-state index is 10.0. The predicted octanol–water partition coefficient (Wildman–Crippen LogP) is 9.43. The molecule has 0 aliphatic carbocycles. The second-order valence-electron chi connectivity index (χ2n) is 10.3. The molecule has 0 unspecified atom stereocenters. The summed E-state index contributed by atoms with van der Waals surface area (Å²) in [6.45, 7) is 9.59. The number of hydrogen-bond donors (Lipinski definition) is 1. The summed E-state index contributed by atoms with van der Waals surface area (Å²) in [7, 11) is 0. The van der Waals surface area contributed by atoms with Crippen LogP contribution in [0, 0.1) is 6.07 Å². The molecule has 3 aromatic carbocycles. The van der Waals surface area contributed by atoms with Crippen molar-refractivity contribution in [1.82, 2.24) is 4.98 Å². The Morgan fingerprint density at radius 3 is 2.15 bits per heavy atom. The van der Waals surface area contributed by atoms with Gasteiger partial charge < -0.3 is 5.11 Å². The molecule has 5 aromatic rings. The average Bonchev–Trinajstić information content (AvgIpc) is 3.32. The Hall–Kier alpha value is -3.37. The van der Waals surface area contributed by atoms with E-state index in [2.05, 4.69) is 106 Å². The molecular formula is C34H32IrNO2S-. The molecule has 5 rings (SSSR count). The minimum Gasteiger partial charge on any atom is -0.512 e. The zero-order chi connectivity index (χ0) is 27.3. The minimum atomic E-state index is -0.125. The average molecular weight is 711 g/mol. The molecule has 0 aliphatic rings. The summed E-state index contributed by atoms with van der Waals surface area (Å²) < 4.78 is 0. The van der Waals surface area contributed by atoms with Crippen LogP contribution in [0.2, 0.25) is 0 Å². The number of carbonyl (C=O) groups is 1. The van der Waals surface area contributed by atoms with Crippen molar-refractivity contribution >= 4 is 27.3 Å². The maximum Gasteiger partial charge on any atom is 0.155 e. The third kappa shape index (κ3) is 8.06. The first-order chi connectivity index (χ1) is 18.1. The summed E-state index contributed by atoms with van der Waals surface area (Å²) in [5.74, 6) is -0.0625. The molecule has 3 nitrogen and oxygen atoms in total. The fourth-order valence-electron chi connectivity index (χ4n) is 4.06. The van der Waals surface area contributed by atoms with E-state index in [1.54, 1.807) is 11.3 Å². The van der Waals surface area contributed by atoms with E-state index in [9.17, 15) is 4.79 Å². The predicted molar refractivity (Wildman–Crippen MR) is 161 cm³/mol. The fourth-order valence-corrected chi connectivity index (χ4v) is 5.10. The van der Waals surface area contributed by atoms with Gasteiger partial charge in [-0.1, -0.05) is 87.5 Å². The molecule has 2 heterocycles. The van der Waals surface area contributed by atoms with E-state index in [0.29, 0.717) is 0 Å². The number of aromatic nitrogens is 1. The molecule has 0 spiro atoms. The van der Waals surface area contributed by atoms with E-state index in [1.165, 1.54) is 52.4 Å². The molecule has 2 aromatic heterocycles. The van der Waals surface area contributed by atoms with Crippen molar-refractivity contribution in [1.29, 1.82) is 0 Å². The topological polar surface area (TPSA) is 50.2 Å². The normalized spacial score (nSPS) is 11.4. The summed E-state index contributed by atoms with van der Waals surface area (Å²) in [5, 5.41) is 9.55. The number of hydrogen-bond acceptors (Lipinski definition) is 4. The van der Waals surface area contributed by atoms with Crippen molar-refractivity contribution in [3.05, 3.63) is 114 Å². The van der Waals surface area contributed by atoms with Crippen LogP contribution in [0.25, 0.3) is 43.0 Å². The van der Waals surface area contributed by atoms with Crippen LogP contribution in [0.5, 0.6) is 0 Å². The Morgan fingerprint density at radius 1 is 0.872 bits per heavy atom. The number of thiophene rings is 1. The zero-order valence-corrected chi connectivity index (χ0v) is 26.0. The van der Waals surface area contributed by atoms with Gasteiger partial charge in [0, 0.05) is 36.4 Å². The van der Waals surface area contributed by atoms with Gasteiger partial charge in [-0.15, -0.1) is 46.7 Å². The van der Waals surface area contributed by atoms with Crippen LogP contribution >= 0.6 is 11.3 Å². The number of fused-ring (bicyclic) bond motifs is 1. The number of nitrogens with zero attached hydrogens (tertiary/aromatic N) is 1. The summed E-state index contributed by atoms with van der Waals surface area (Å²) in [4.78, 5) is 17.3. The van der Waals surface area contributed by atoms with Gasteiger partial charge in [-0.2, -0.15) is 0 Å². The van der Waals surface area contributed by atoms with Crippen molar-refractivity contribution in [2.45, 2.75) is 40.0 Å². The molecule has 201 valence electrons. The molecule has 0 bridgehead atoms. The number of rotatable bonds is 4. The van der Waals surface area contributed by atoms with Gasteiger partial charge in [0.15, 0.2) is 5.78 Å². The summed E-state index contributed by atoms with van der Waals surface area (Å²) in [6, 6.07) is 35.5. The number of carbonyl (C=O) groups excluding carboxylic acids is 1. The van der Waals surface area contributed by atoms with Gasteiger partial charge in [-0.3, -0.25) is 9.78 Å². The molecule has 0 atom stereocenters. The van der Waals surface area contributed by atoms with Crippen LogP contribution in [-0.4, -0.2) is 15.9 Å². The number of ketones is 1. The van der Waals surface area contributed by atoms with E-state index in [-0.39, 0.29) is 37.1 Å². The molecule has 1 N–H and O–H groups in total. The van der Waals surface area contributed by atoms with E-state index in [1.807, 2.05) is 12.1 Å². The number of benzene rings is 3. The van der Waals surface area contributed by atoms with Crippen LogP contribution in [0.1, 0.15) is 40.2 Å². The fraction of sp³-hybridized carbons (Fsp3) is 0.176. The Bertz CT molecular complexity index is 1580. The molecule has 39 heavy (non-hydrogen) atoms. The molecule has 0 fully saturated rings. The second-order valence-corrected chi connectivity index (χ2v) is 11.3. The van der Waals surface area contributed by atoms with Crippen molar-refractivity contribution in [3.63, 3.8) is 0 Å². The molecule has 0 saturated carbocycles. The van der Waals surface area contributed by atoms with E-state index in [0.717, 1.165) is 16.1 Å². The molecule has 5 heteroatoms. The number of aliphatic hydroxyl groups is 1. The van der Waals surface area contributed by atoms with Crippen LogP contribution in [0.3, 0.4) is 0 Å². The van der Waals surface area contributed by atoms with E-state index < -0.39 is 0 Å². The second kappa shape index (κ2) is 13.1. The monoisotopic (exact) mass is 711 g/mol. The largest absolute Gasteiger partial charge is 0.512 e. The van der Waals surface area contributed by atoms with Crippen molar-refractivity contribution in [3.8, 4) is 32.8 Å². The first kappa shape index (κ1) is 30.2. The minimum absolute atomic E-state index is 0. The molecule has 0 aliphatic heterocycles. The van der Waals surface area contributed by atoms with Gasteiger partial charge in [0.05, 0.1) is 5.76 Å². The third-order valence-corrected chi connectivity index (χ3v) is 7.11. The van der Waals surface area contributed by atoms with E-state index in [4.69, 9.17) is 10.1 Å². The summed E-state index contributed by atoms with van der Waals surface area (Å²) >= 11 is 1.75. The summed E-state index contributed by atoms with van der Waals surface area (Å²) in [6.07, 6.45) is 1.17. The Kier molecular flexibility index (Phi) is 10.2. The standard InChI is InChI=1S/C29H24NS.C5H8O2.Ir/c1-29(2,3)25-15-12-21(13-16-25)27-19-24-14-17-26(30-28(24)31-27)23-11-7-10-22(18-23)20-8-5-4-6-9-20;1-4(6)3-5(2)7;/h4-10,12-19H,1-3H3;3,6H,1-2H3;/q-1;;/b;4-3-;. The van der Waals surface area contributed by atoms with Gasteiger partial charge >= 0.3 is 0 Å². The van der Waals surface area contributed by atoms with Gasteiger partial charge in [-0.05, 0) is 47.7 Å². The van der Waals surface area contributed by atoms with Gasteiger partial charge in [0.2, 0.25) is 0 Å².